The van der Waals surface area contributed by atoms with Crippen molar-refractivity contribution >= 4 is 17.5 Å². The average Bonchev–Trinajstić information content (AvgIpc) is 3.41. The molecule has 10 heteroatoms. The Hall–Kier alpha value is -4.38. The van der Waals surface area contributed by atoms with Crippen molar-refractivity contribution in [1.82, 2.24) is 14.8 Å². The quantitative estimate of drug-likeness (QED) is 0.278. The smallest absolute Gasteiger partial charge is 0.348 e. The maximum atomic E-state index is 13.5. The van der Waals surface area contributed by atoms with Gasteiger partial charge in [-0.2, -0.15) is 5.10 Å². The molecule has 0 radical (unpaired) electrons. The Morgan fingerprint density at radius 3 is 2.41 bits per heavy atom. The van der Waals surface area contributed by atoms with E-state index in [4.69, 9.17) is 10.8 Å². The molecule has 0 bridgehead atoms. The lowest BCUT2D eigenvalue weighted by Gasteiger charge is -2.31. The summed E-state index contributed by atoms with van der Waals surface area (Å²) in [6, 6.07) is 20.7. The van der Waals surface area contributed by atoms with E-state index in [9.17, 15) is 19.9 Å². The number of hydrogen-bond acceptors (Lipinski definition) is 7. The molecular formula is C29H30N6O4. The molecule has 5 rings (SSSR count). The molecule has 0 fully saturated rings. The minimum absolute atomic E-state index is 0.0182. The van der Waals surface area contributed by atoms with Crippen LogP contribution < -0.4 is 15.7 Å². The summed E-state index contributed by atoms with van der Waals surface area (Å²) in [6.45, 7) is 1.59. The van der Waals surface area contributed by atoms with Gasteiger partial charge in [0.25, 0.3) is 5.91 Å². The molecule has 3 unspecified atom stereocenters. The molecule has 2 amide bonds. The van der Waals surface area contributed by atoms with Gasteiger partial charge in [0.1, 0.15) is 11.6 Å². The average molecular weight is 527 g/mol. The Kier molecular flexibility index (Phi) is 7.78. The van der Waals surface area contributed by atoms with Gasteiger partial charge in [0.2, 0.25) is 0 Å². The van der Waals surface area contributed by atoms with Crippen LogP contribution in [0.3, 0.4) is 0 Å². The molecule has 4 aromatic rings. The number of aliphatic hydroxyl groups is 1. The zero-order valence-corrected chi connectivity index (χ0v) is 21.3. The van der Waals surface area contributed by atoms with Gasteiger partial charge in [0.05, 0.1) is 17.6 Å². The predicted molar refractivity (Wildman–Crippen MR) is 145 cm³/mol. The van der Waals surface area contributed by atoms with Crippen LogP contribution in [0.2, 0.25) is 0 Å². The van der Waals surface area contributed by atoms with Crippen LogP contribution in [0.4, 0.5) is 5.69 Å². The summed E-state index contributed by atoms with van der Waals surface area (Å²) in [6.07, 6.45) is 3.25. The number of fused-ring (bicyclic) bond motifs is 1. The summed E-state index contributed by atoms with van der Waals surface area (Å²) in [5.41, 5.74) is 9.07. The first kappa shape index (κ1) is 26.2. The molecule has 4 N–H and O–H groups in total. The predicted octanol–water partition coefficient (Wildman–Crippen LogP) is 1.20. The second kappa shape index (κ2) is 11.6. The first-order chi connectivity index (χ1) is 18.9. The highest BCUT2D eigenvalue weighted by molar-refractivity contribution is 5.91. The van der Waals surface area contributed by atoms with Crippen molar-refractivity contribution < 1.29 is 19.8 Å². The third-order valence-corrected chi connectivity index (χ3v) is 6.95. The molecule has 0 spiro atoms. The van der Waals surface area contributed by atoms with Crippen LogP contribution in [0.15, 0.2) is 85.2 Å². The monoisotopic (exact) mass is 526 g/mol. The molecule has 39 heavy (non-hydrogen) atoms. The minimum atomic E-state index is -1.81. The van der Waals surface area contributed by atoms with Crippen molar-refractivity contribution in [1.29, 1.82) is 0 Å². The van der Waals surface area contributed by atoms with Crippen LogP contribution in [-0.4, -0.2) is 50.4 Å². The highest BCUT2D eigenvalue weighted by atomic mass is 16.5. The molecule has 2 aromatic heterocycles. The Morgan fingerprint density at radius 2 is 1.72 bits per heavy atom. The van der Waals surface area contributed by atoms with E-state index in [1.807, 2.05) is 30.5 Å². The number of quaternary nitrogens is 1. The van der Waals surface area contributed by atoms with Crippen molar-refractivity contribution in [2.75, 3.05) is 11.4 Å². The van der Waals surface area contributed by atoms with Crippen LogP contribution >= 0.6 is 0 Å². The molecule has 3 heterocycles. The summed E-state index contributed by atoms with van der Waals surface area (Å²) in [5.74, 6) is -1.73. The van der Waals surface area contributed by atoms with Gasteiger partial charge in [0.15, 0.2) is 11.9 Å². The number of hydrogen-bond donors (Lipinski definition) is 3. The van der Waals surface area contributed by atoms with E-state index in [1.165, 1.54) is 22.5 Å². The Bertz CT molecular complexity index is 1440. The molecule has 0 saturated heterocycles. The van der Waals surface area contributed by atoms with Gasteiger partial charge in [-0.1, -0.05) is 60.7 Å². The largest absolute Gasteiger partial charge is 0.626 e. The number of rotatable bonds is 9. The third kappa shape index (κ3) is 5.73. The second-order valence-electron chi connectivity index (χ2n) is 9.63. The zero-order chi connectivity index (χ0) is 27.4. The molecule has 2 aromatic carbocycles. The molecule has 0 aliphatic carbocycles. The fraction of sp³-hybridized carbons (Fsp3) is 0.241. The summed E-state index contributed by atoms with van der Waals surface area (Å²) in [7, 11) is 0. The van der Waals surface area contributed by atoms with Gasteiger partial charge in [-0.05, 0) is 36.1 Å². The second-order valence-corrected chi connectivity index (χ2v) is 9.63. The van der Waals surface area contributed by atoms with E-state index in [-0.39, 0.29) is 17.8 Å². The molecule has 10 nitrogen and oxygen atoms in total. The number of anilines is 1. The van der Waals surface area contributed by atoms with Crippen molar-refractivity contribution in [2.24, 2.45) is 5.73 Å². The van der Waals surface area contributed by atoms with Crippen LogP contribution in [0.25, 0.3) is 5.82 Å². The highest BCUT2D eigenvalue weighted by Crippen LogP contribution is 2.29. The van der Waals surface area contributed by atoms with Crippen LogP contribution in [0.1, 0.15) is 33.6 Å². The minimum Gasteiger partial charge on any atom is -0.626 e. The van der Waals surface area contributed by atoms with Crippen molar-refractivity contribution in [2.45, 2.75) is 38.0 Å². The van der Waals surface area contributed by atoms with Crippen molar-refractivity contribution in [3.8, 4) is 5.82 Å². The molecule has 1 aliphatic heterocycles. The number of aryl methyl sites for hydroxylation is 1. The zero-order valence-electron chi connectivity index (χ0n) is 21.3. The maximum Gasteiger partial charge on any atom is 0.348 e. The van der Waals surface area contributed by atoms with Crippen LogP contribution in [0, 0.1) is 5.21 Å². The number of nitrogens with one attached hydrogen (secondary N) is 1. The van der Waals surface area contributed by atoms with E-state index in [2.05, 4.69) is 22.0 Å². The first-order valence-electron chi connectivity index (χ1n) is 12.8. The number of hydroxylamine groups is 2. The van der Waals surface area contributed by atoms with Gasteiger partial charge >= 0.3 is 5.91 Å². The number of pyridine rings is 1. The SMILES string of the molecule is NC(=O)C(O)C(Cc1ccccc1)[NH+]([O-])C(=O)c1cccnc1-n1cc2c(n1)CCCN2Cc1ccccc1. The summed E-state index contributed by atoms with van der Waals surface area (Å²) >= 11 is 0. The summed E-state index contributed by atoms with van der Waals surface area (Å²) < 4.78 is 1.53. The number of carbonyl (C=O) groups excluding carboxylic acids is 2. The summed E-state index contributed by atoms with van der Waals surface area (Å²) in [5, 5.41) is 27.7. The van der Waals surface area contributed by atoms with Crippen LogP contribution in [0.5, 0.6) is 0 Å². The van der Waals surface area contributed by atoms with Gasteiger partial charge in [-0.3, -0.25) is 9.86 Å². The maximum absolute atomic E-state index is 13.5. The molecule has 3 atom stereocenters. The fourth-order valence-electron chi connectivity index (χ4n) is 4.95. The molecule has 200 valence electrons. The van der Waals surface area contributed by atoms with Gasteiger partial charge in [-0.25, -0.2) is 14.5 Å². The number of carbonyl (C=O) groups is 2. The molecular weight excluding hydrogens is 496 g/mol. The lowest BCUT2D eigenvalue weighted by molar-refractivity contribution is -0.792. The fourth-order valence-corrected chi connectivity index (χ4v) is 4.95. The number of aromatic nitrogens is 3. The van der Waals surface area contributed by atoms with E-state index in [0.717, 1.165) is 37.3 Å². The van der Waals surface area contributed by atoms with E-state index < -0.39 is 29.0 Å². The topological polar surface area (TPSA) is 142 Å². The van der Waals surface area contributed by atoms with Gasteiger partial charge < -0.3 is 20.9 Å². The van der Waals surface area contributed by atoms with Gasteiger partial charge in [0, 0.05) is 25.7 Å². The summed E-state index contributed by atoms with van der Waals surface area (Å²) in [4.78, 5) is 32.0. The van der Waals surface area contributed by atoms with Crippen molar-refractivity contribution in [3.63, 3.8) is 0 Å². The third-order valence-electron chi connectivity index (χ3n) is 6.95. The van der Waals surface area contributed by atoms with E-state index in [0.29, 0.717) is 5.56 Å². The number of amides is 2. The molecule has 1 aliphatic rings. The van der Waals surface area contributed by atoms with Gasteiger partial charge in [-0.15, -0.1) is 0 Å². The first-order valence-corrected chi connectivity index (χ1v) is 12.8. The Morgan fingerprint density at radius 1 is 1.03 bits per heavy atom. The number of nitrogens with zero attached hydrogens (tertiary/aromatic N) is 4. The lowest BCUT2D eigenvalue weighted by Crippen LogP contribution is -3.16. The number of aliphatic hydroxyl groups excluding tert-OH is 1. The Labute approximate surface area is 225 Å². The van der Waals surface area contributed by atoms with Crippen LogP contribution in [-0.2, 0) is 24.2 Å². The Balaban J connectivity index is 1.45. The van der Waals surface area contributed by atoms with E-state index >= 15 is 0 Å². The lowest BCUT2D eigenvalue weighted by atomic mass is 10.00. The highest BCUT2D eigenvalue weighted by Gasteiger charge is 2.35. The normalized spacial score (nSPS) is 15.3. The number of nitrogens with two attached hydrogens (primary N) is 1. The number of benzene rings is 2. The molecule has 0 saturated carbocycles. The number of primary amides is 1. The standard InChI is InChI=1S/C29H30N6O4/c30-27(37)26(36)24(17-20-9-3-1-4-10-20)35(39)29(38)22-13-7-15-31-28(22)34-19-25-23(32-34)14-8-16-33(25)18-21-11-5-2-6-12-21/h1-7,9-13,15,19,24,26,35-36H,8,14,16-18H2,(H2,30,37). The van der Waals surface area contributed by atoms with Crippen molar-refractivity contribution in [3.05, 3.63) is 113 Å². The van der Waals surface area contributed by atoms with E-state index in [1.54, 1.807) is 30.3 Å².